The zero-order valence-electron chi connectivity index (χ0n) is 14.0. The first-order valence-electron chi connectivity index (χ1n) is 7.81. The van der Waals surface area contributed by atoms with Crippen molar-refractivity contribution in [3.63, 3.8) is 0 Å². The van der Waals surface area contributed by atoms with Gasteiger partial charge in [-0.25, -0.2) is 0 Å². The Morgan fingerprint density at radius 3 is 2.61 bits per heavy atom. The van der Waals surface area contributed by atoms with Crippen LogP contribution in [0.15, 0.2) is 6.07 Å². The molecule has 1 aromatic carbocycles. The van der Waals surface area contributed by atoms with Crippen LogP contribution in [-0.2, 0) is 14.3 Å². The molecule has 0 saturated carbocycles. The van der Waals surface area contributed by atoms with Crippen LogP contribution in [0.25, 0.3) is 0 Å². The van der Waals surface area contributed by atoms with Crippen LogP contribution < -0.4 is 4.74 Å². The number of carbonyl (C=O) groups excluding carboxylic acids is 3. The highest BCUT2D eigenvalue weighted by atomic mass is 16.5. The van der Waals surface area contributed by atoms with Crippen molar-refractivity contribution in [1.82, 2.24) is 0 Å². The van der Waals surface area contributed by atoms with Gasteiger partial charge in [-0.15, -0.1) is 0 Å². The predicted octanol–water partition coefficient (Wildman–Crippen LogP) is 2.86. The lowest BCUT2D eigenvalue weighted by Gasteiger charge is -2.27. The fraction of sp³-hybridized carbons (Fsp3) is 0.500. The van der Waals surface area contributed by atoms with Crippen molar-refractivity contribution in [2.45, 2.75) is 53.1 Å². The van der Waals surface area contributed by atoms with Crippen molar-refractivity contribution >= 4 is 17.5 Å². The van der Waals surface area contributed by atoms with Gasteiger partial charge in [0.2, 0.25) is 0 Å². The molecule has 0 bridgehead atoms. The van der Waals surface area contributed by atoms with E-state index in [1.54, 1.807) is 6.92 Å². The summed E-state index contributed by atoms with van der Waals surface area (Å²) in [6, 6.07) is 1.84. The van der Waals surface area contributed by atoms with Gasteiger partial charge in [0.15, 0.2) is 5.78 Å². The Balaban J connectivity index is 2.11. The summed E-state index contributed by atoms with van der Waals surface area (Å²) in [5, 5.41) is 0. The first kappa shape index (κ1) is 17.2. The molecule has 1 aliphatic rings. The Hall–Kier alpha value is -2.17. The summed E-state index contributed by atoms with van der Waals surface area (Å²) in [5.41, 5.74) is 3.67. The SMILES string of the molecule is CCOC(=O)CC(=O)CC1CC(=O)c2c(cc(C)c(C)c2C)O1. The number of hydrogen-bond acceptors (Lipinski definition) is 5. The molecule has 0 N–H and O–H groups in total. The molecule has 1 heterocycles. The van der Waals surface area contributed by atoms with Gasteiger partial charge >= 0.3 is 5.97 Å². The highest BCUT2D eigenvalue weighted by Crippen LogP contribution is 2.34. The van der Waals surface area contributed by atoms with Crippen molar-refractivity contribution in [2.24, 2.45) is 0 Å². The Morgan fingerprint density at radius 2 is 1.96 bits per heavy atom. The third-order valence-corrected chi connectivity index (χ3v) is 4.21. The van der Waals surface area contributed by atoms with E-state index in [0.29, 0.717) is 11.3 Å². The van der Waals surface area contributed by atoms with Crippen LogP contribution in [0.3, 0.4) is 0 Å². The Morgan fingerprint density at radius 1 is 1.26 bits per heavy atom. The van der Waals surface area contributed by atoms with Gasteiger partial charge in [-0.3, -0.25) is 14.4 Å². The van der Waals surface area contributed by atoms with Gasteiger partial charge in [0.1, 0.15) is 24.1 Å². The van der Waals surface area contributed by atoms with E-state index in [1.807, 2.05) is 26.8 Å². The number of rotatable bonds is 5. The summed E-state index contributed by atoms with van der Waals surface area (Å²) in [6.45, 7) is 7.79. The second-order valence-electron chi connectivity index (χ2n) is 5.91. The summed E-state index contributed by atoms with van der Waals surface area (Å²) in [4.78, 5) is 35.6. The number of ketones is 2. The lowest BCUT2D eigenvalue weighted by atomic mass is 9.90. The minimum absolute atomic E-state index is 0.0132. The van der Waals surface area contributed by atoms with Gasteiger partial charge in [0.05, 0.1) is 12.2 Å². The Bertz CT molecular complexity index is 660. The van der Waals surface area contributed by atoms with Crippen molar-refractivity contribution < 1.29 is 23.9 Å². The highest BCUT2D eigenvalue weighted by Gasteiger charge is 2.30. The maximum Gasteiger partial charge on any atom is 0.313 e. The minimum atomic E-state index is -0.539. The number of esters is 1. The topological polar surface area (TPSA) is 69.7 Å². The number of aryl methyl sites for hydroxylation is 1. The normalized spacial score (nSPS) is 16.5. The lowest BCUT2D eigenvalue weighted by Crippen LogP contribution is -2.30. The van der Waals surface area contributed by atoms with E-state index in [9.17, 15) is 14.4 Å². The summed E-state index contributed by atoms with van der Waals surface area (Å²) >= 11 is 0. The smallest absolute Gasteiger partial charge is 0.313 e. The number of Topliss-reactive ketones (excluding diaryl/α,β-unsaturated/α-hetero) is 2. The van der Waals surface area contributed by atoms with Crippen LogP contribution in [0, 0.1) is 20.8 Å². The van der Waals surface area contributed by atoms with Crippen LogP contribution in [-0.4, -0.2) is 30.2 Å². The molecule has 1 unspecified atom stereocenters. The molecule has 0 radical (unpaired) electrons. The molecule has 0 aliphatic carbocycles. The third-order valence-electron chi connectivity index (χ3n) is 4.21. The zero-order valence-corrected chi connectivity index (χ0v) is 14.0. The number of benzene rings is 1. The van der Waals surface area contributed by atoms with Crippen LogP contribution >= 0.6 is 0 Å². The van der Waals surface area contributed by atoms with Crippen LogP contribution in [0.2, 0.25) is 0 Å². The van der Waals surface area contributed by atoms with E-state index < -0.39 is 12.1 Å². The third kappa shape index (κ3) is 3.78. The summed E-state index contributed by atoms with van der Waals surface area (Å²) in [7, 11) is 0. The Kier molecular flexibility index (Phi) is 5.19. The molecular formula is C18H22O5. The lowest BCUT2D eigenvalue weighted by molar-refractivity contribution is -0.145. The van der Waals surface area contributed by atoms with E-state index in [-0.39, 0.29) is 37.4 Å². The van der Waals surface area contributed by atoms with E-state index in [0.717, 1.165) is 16.7 Å². The van der Waals surface area contributed by atoms with E-state index in [2.05, 4.69) is 0 Å². The number of fused-ring (bicyclic) bond motifs is 1. The first-order valence-corrected chi connectivity index (χ1v) is 7.81. The minimum Gasteiger partial charge on any atom is -0.489 e. The average Bonchev–Trinajstić information content (AvgIpc) is 2.44. The molecule has 1 aliphatic heterocycles. The van der Waals surface area contributed by atoms with Gasteiger partial charge in [0, 0.05) is 12.8 Å². The van der Waals surface area contributed by atoms with Gasteiger partial charge in [0.25, 0.3) is 0 Å². The fourth-order valence-corrected chi connectivity index (χ4v) is 2.83. The van der Waals surface area contributed by atoms with Gasteiger partial charge in [-0.05, 0) is 50.5 Å². The molecule has 0 spiro atoms. The van der Waals surface area contributed by atoms with Gasteiger partial charge in [-0.2, -0.15) is 0 Å². The molecule has 0 amide bonds. The van der Waals surface area contributed by atoms with E-state index >= 15 is 0 Å². The van der Waals surface area contributed by atoms with E-state index in [4.69, 9.17) is 9.47 Å². The first-order chi connectivity index (χ1) is 10.8. The largest absolute Gasteiger partial charge is 0.489 e. The molecule has 0 fully saturated rings. The van der Waals surface area contributed by atoms with Crippen molar-refractivity contribution in [3.8, 4) is 5.75 Å². The molecule has 23 heavy (non-hydrogen) atoms. The summed E-state index contributed by atoms with van der Waals surface area (Å²) in [6.07, 6.45) is -0.597. The highest BCUT2D eigenvalue weighted by molar-refractivity contribution is 6.02. The molecule has 1 atom stereocenters. The standard InChI is InChI=1S/C18H22O5/c1-5-22-17(21)8-13(19)7-14-9-15(20)18-12(4)11(3)10(2)6-16(18)23-14/h6,14H,5,7-9H2,1-4H3. The van der Waals surface area contributed by atoms with E-state index in [1.165, 1.54) is 0 Å². The zero-order chi connectivity index (χ0) is 17.1. The predicted molar refractivity (Wildman–Crippen MR) is 84.9 cm³/mol. The van der Waals surface area contributed by atoms with Crippen LogP contribution in [0.1, 0.15) is 53.2 Å². The fourth-order valence-electron chi connectivity index (χ4n) is 2.83. The van der Waals surface area contributed by atoms with Crippen molar-refractivity contribution in [2.75, 3.05) is 6.61 Å². The van der Waals surface area contributed by atoms with Crippen LogP contribution in [0.5, 0.6) is 5.75 Å². The molecular weight excluding hydrogens is 296 g/mol. The molecule has 5 nitrogen and oxygen atoms in total. The van der Waals surface area contributed by atoms with Crippen molar-refractivity contribution in [1.29, 1.82) is 0 Å². The molecule has 2 rings (SSSR count). The second-order valence-corrected chi connectivity index (χ2v) is 5.91. The number of carbonyl (C=O) groups is 3. The van der Waals surface area contributed by atoms with Crippen LogP contribution in [0.4, 0.5) is 0 Å². The monoisotopic (exact) mass is 318 g/mol. The quantitative estimate of drug-likeness (QED) is 0.617. The number of ether oxygens (including phenoxy) is 2. The number of hydrogen-bond donors (Lipinski definition) is 0. The van der Waals surface area contributed by atoms with Crippen molar-refractivity contribution in [3.05, 3.63) is 28.3 Å². The summed E-state index contributed by atoms with van der Waals surface area (Å²) in [5.74, 6) is -0.288. The molecule has 124 valence electrons. The second kappa shape index (κ2) is 6.94. The maximum absolute atomic E-state index is 12.4. The average molecular weight is 318 g/mol. The van der Waals surface area contributed by atoms with Gasteiger partial charge < -0.3 is 9.47 Å². The Labute approximate surface area is 136 Å². The van der Waals surface area contributed by atoms with Gasteiger partial charge in [-0.1, -0.05) is 0 Å². The molecule has 0 saturated heterocycles. The molecule has 5 heteroatoms. The maximum atomic E-state index is 12.4. The summed E-state index contributed by atoms with van der Waals surface area (Å²) < 4.78 is 10.6. The molecule has 0 aromatic heterocycles. The molecule has 1 aromatic rings.